The summed E-state index contributed by atoms with van der Waals surface area (Å²) in [5.41, 5.74) is 2.13. The molecule has 0 amide bonds. The zero-order chi connectivity index (χ0) is 11.5. The van der Waals surface area contributed by atoms with E-state index in [4.69, 9.17) is 4.42 Å². The first kappa shape index (κ1) is 10.5. The number of aromatic nitrogens is 2. The number of benzene rings is 1. The zero-order valence-corrected chi connectivity index (χ0v) is 10.0. The Labute approximate surface area is 103 Å². The molecule has 0 aliphatic carbocycles. The van der Waals surface area contributed by atoms with Crippen molar-refractivity contribution < 1.29 is 4.42 Å². The number of para-hydroxylation sites is 2. The lowest BCUT2D eigenvalue weighted by molar-refractivity contribution is 0.530. The summed E-state index contributed by atoms with van der Waals surface area (Å²) in [6.45, 7) is 0. The fraction of sp³-hybridized carbons (Fsp3) is 0.154. The van der Waals surface area contributed by atoms with Gasteiger partial charge in [0.05, 0.1) is 28.8 Å². The van der Waals surface area contributed by atoms with Crippen LogP contribution in [0.4, 0.5) is 0 Å². The van der Waals surface area contributed by atoms with E-state index in [2.05, 4.69) is 9.97 Å². The van der Waals surface area contributed by atoms with Crippen molar-refractivity contribution in [2.45, 2.75) is 11.5 Å². The maximum absolute atomic E-state index is 5.28. The maximum atomic E-state index is 5.28. The van der Waals surface area contributed by atoms with Gasteiger partial charge in [-0.15, -0.1) is 11.8 Å². The molecule has 1 N–H and O–H groups in total. The second kappa shape index (κ2) is 4.67. The van der Waals surface area contributed by atoms with Crippen LogP contribution in [0.2, 0.25) is 0 Å². The highest BCUT2D eigenvalue weighted by Crippen LogP contribution is 2.18. The lowest BCUT2D eigenvalue weighted by Gasteiger charge is -1.95. The second-order valence-corrected chi connectivity index (χ2v) is 4.76. The average Bonchev–Trinajstić information content (AvgIpc) is 2.96. The molecule has 0 spiro atoms. The molecule has 0 atom stereocenters. The van der Waals surface area contributed by atoms with Gasteiger partial charge < -0.3 is 9.40 Å². The number of furan rings is 1. The van der Waals surface area contributed by atoms with Crippen LogP contribution in [-0.4, -0.2) is 9.97 Å². The lowest BCUT2D eigenvalue weighted by atomic mass is 10.3. The summed E-state index contributed by atoms with van der Waals surface area (Å²) in [7, 11) is 0. The van der Waals surface area contributed by atoms with Crippen molar-refractivity contribution in [3.05, 3.63) is 54.2 Å². The highest BCUT2D eigenvalue weighted by Gasteiger charge is 2.02. The Balaban J connectivity index is 1.65. The first-order valence-corrected chi connectivity index (χ1v) is 6.61. The van der Waals surface area contributed by atoms with E-state index < -0.39 is 0 Å². The maximum Gasteiger partial charge on any atom is 0.117 e. The van der Waals surface area contributed by atoms with Crippen LogP contribution < -0.4 is 0 Å². The standard InChI is InChI=1S/C13H12N2OS/c1-2-6-12-11(5-1)14-13(15-12)9-17-8-10-4-3-7-16-10/h1-7H,8-9H2,(H,14,15). The summed E-state index contributed by atoms with van der Waals surface area (Å²) in [6, 6.07) is 12.0. The molecule has 4 heteroatoms. The van der Waals surface area contributed by atoms with Crippen molar-refractivity contribution in [3.8, 4) is 0 Å². The Kier molecular flexibility index (Phi) is 2.88. The van der Waals surface area contributed by atoms with E-state index in [0.29, 0.717) is 0 Å². The van der Waals surface area contributed by atoms with Gasteiger partial charge in [0.2, 0.25) is 0 Å². The average molecular weight is 244 g/mol. The van der Waals surface area contributed by atoms with Crippen LogP contribution in [0.25, 0.3) is 11.0 Å². The van der Waals surface area contributed by atoms with E-state index in [1.165, 1.54) is 0 Å². The molecular weight excluding hydrogens is 232 g/mol. The first-order chi connectivity index (χ1) is 8.42. The van der Waals surface area contributed by atoms with E-state index in [1.54, 1.807) is 18.0 Å². The Morgan fingerprint density at radius 3 is 2.88 bits per heavy atom. The number of nitrogens with zero attached hydrogens (tertiary/aromatic N) is 1. The molecule has 0 aliphatic heterocycles. The summed E-state index contributed by atoms with van der Waals surface area (Å²) in [5, 5.41) is 0. The van der Waals surface area contributed by atoms with Gasteiger partial charge in [0.25, 0.3) is 0 Å². The van der Waals surface area contributed by atoms with Gasteiger partial charge in [-0.25, -0.2) is 4.98 Å². The predicted molar refractivity (Wildman–Crippen MR) is 69.8 cm³/mol. The van der Waals surface area contributed by atoms with Crippen molar-refractivity contribution in [1.82, 2.24) is 9.97 Å². The number of imidazole rings is 1. The number of hydrogen-bond acceptors (Lipinski definition) is 3. The van der Waals surface area contributed by atoms with Crippen LogP contribution in [0.5, 0.6) is 0 Å². The smallest absolute Gasteiger partial charge is 0.117 e. The largest absolute Gasteiger partial charge is 0.468 e. The zero-order valence-electron chi connectivity index (χ0n) is 9.22. The fourth-order valence-corrected chi connectivity index (χ4v) is 2.51. The number of rotatable bonds is 4. The van der Waals surface area contributed by atoms with Crippen molar-refractivity contribution in [2.75, 3.05) is 0 Å². The van der Waals surface area contributed by atoms with Crippen LogP contribution in [0.3, 0.4) is 0 Å². The minimum absolute atomic E-state index is 0.870. The van der Waals surface area contributed by atoms with Gasteiger partial charge in [0.15, 0.2) is 0 Å². The molecule has 0 fully saturated rings. The molecule has 2 heterocycles. The van der Waals surface area contributed by atoms with Gasteiger partial charge in [0, 0.05) is 0 Å². The molecule has 3 nitrogen and oxygen atoms in total. The summed E-state index contributed by atoms with van der Waals surface area (Å²) in [4.78, 5) is 7.84. The molecule has 0 unspecified atom stereocenters. The quantitative estimate of drug-likeness (QED) is 0.762. The number of nitrogens with one attached hydrogen (secondary N) is 1. The minimum atomic E-state index is 0.870. The Morgan fingerprint density at radius 2 is 2.06 bits per heavy atom. The van der Waals surface area contributed by atoms with Crippen molar-refractivity contribution >= 4 is 22.8 Å². The van der Waals surface area contributed by atoms with E-state index in [-0.39, 0.29) is 0 Å². The van der Waals surface area contributed by atoms with Gasteiger partial charge in [-0.2, -0.15) is 0 Å². The SMILES string of the molecule is c1coc(CSCc2nc3ccccc3[nH]2)c1. The van der Waals surface area contributed by atoms with Gasteiger partial charge in [0.1, 0.15) is 11.6 Å². The van der Waals surface area contributed by atoms with Gasteiger partial charge in [-0.3, -0.25) is 0 Å². The molecule has 0 saturated carbocycles. The van der Waals surface area contributed by atoms with Crippen LogP contribution in [-0.2, 0) is 11.5 Å². The molecule has 0 radical (unpaired) electrons. The van der Waals surface area contributed by atoms with Crippen molar-refractivity contribution in [3.63, 3.8) is 0 Å². The molecule has 0 saturated heterocycles. The summed E-state index contributed by atoms with van der Waals surface area (Å²) in [6.07, 6.45) is 1.71. The Hall–Kier alpha value is -1.68. The summed E-state index contributed by atoms with van der Waals surface area (Å²) < 4.78 is 5.28. The number of fused-ring (bicyclic) bond motifs is 1. The van der Waals surface area contributed by atoms with Crippen LogP contribution in [0, 0.1) is 0 Å². The summed E-state index contributed by atoms with van der Waals surface area (Å²) >= 11 is 1.79. The highest BCUT2D eigenvalue weighted by atomic mass is 32.2. The van der Waals surface area contributed by atoms with Gasteiger partial charge in [-0.05, 0) is 24.3 Å². The first-order valence-electron chi connectivity index (χ1n) is 5.45. The van der Waals surface area contributed by atoms with E-state index in [9.17, 15) is 0 Å². The van der Waals surface area contributed by atoms with Gasteiger partial charge >= 0.3 is 0 Å². The molecular formula is C13H12N2OS. The molecule has 0 aliphatic rings. The monoisotopic (exact) mass is 244 g/mol. The fourth-order valence-electron chi connectivity index (χ4n) is 1.72. The third-order valence-electron chi connectivity index (χ3n) is 2.50. The molecule has 17 heavy (non-hydrogen) atoms. The Bertz CT molecular complexity index is 568. The van der Waals surface area contributed by atoms with E-state index in [0.717, 1.165) is 34.1 Å². The Morgan fingerprint density at radius 1 is 1.12 bits per heavy atom. The third-order valence-corrected chi connectivity index (χ3v) is 3.47. The molecule has 1 aromatic carbocycles. The van der Waals surface area contributed by atoms with Crippen molar-refractivity contribution in [1.29, 1.82) is 0 Å². The van der Waals surface area contributed by atoms with Gasteiger partial charge in [-0.1, -0.05) is 12.1 Å². The van der Waals surface area contributed by atoms with Crippen LogP contribution in [0.15, 0.2) is 47.1 Å². The van der Waals surface area contributed by atoms with Crippen LogP contribution in [0.1, 0.15) is 11.6 Å². The minimum Gasteiger partial charge on any atom is -0.468 e. The number of thioether (sulfide) groups is 1. The third kappa shape index (κ3) is 2.36. The van der Waals surface area contributed by atoms with E-state index in [1.807, 2.05) is 36.4 Å². The highest BCUT2D eigenvalue weighted by molar-refractivity contribution is 7.97. The normalized spacial score (nSPS) is 11.1. The molecule has 2 aromatic heterocycles. The lowest BCUT2D eigenvalue weighted by Crippen LogP contribution is -1.84. The predicted octanol–water partition coefficient (Wildman–Crippen LogP) is 3.59. The molecule has 0 bridgehead atoms. The van der Waals surface area contributed by atoms with Crippen LogP contribution >= 0.6 is 11.8 Å². The molecule has 86 valence electrons. The summed E-state index contributed by atoms with van der Waals surface area (Å²) in [5.74, 6) is 3.77. The van der Waals surface area contributed by atoms with Crippen molar-refractivity contribution in [2.24, 2.45) is 0 Å². The number of H-pyrrole nitrogens is 1. The molecule has 3 rings (SSSR count). The second-order valence-electron chi connectivity index (χ2n) is 3.77. The molecule has 3 aromatic rings. The topological polar surface area (TPSA) is 41.8 Å². The number of aromatic amines is 1. The number of hydrogen-bond donors (Lipinski definition) is 1. The van der Waals surface area contributed by atoms with E-state index >= 15 is 0 Å².